The summed E-state index contributed by atoms with van der Waals surface area (Å²) in [5.74, 6) is 1.15. The summed E-state index contributed by atoms with van der Waals surface area (Å²) < 4.78 is 11.2. The van der Waals surface area contributed by atoms with Gasteiger partial charge in [-0.3, -0.25) is 4.79 Å². The molecule has 0 amide bonds. The lowest BCUT2D eigenvalue weighted by molar-refractivity contribution is -0.162. The molecule has 1 atom stereocenters. The highest BCUT2D eigenvalue weighted by Gasteiger charge is 2.17. The number of ether oxygens (including phenoxy) is 2. The first kappa shape index (κ1) is 16.0. The molecule has 1 unspecified atom stereocenters. The number of carbonyl (C=O) groups excluding carboxylic acids is 1. The summed E-state index contributed by atoms with van der Waals surface area (Å²) in [5.41, 5.74) is 0. The third-order valence-electron chi connectivity index (χ3n) is 4.53. The topological polar surface area (TPSA) is 35.5 Å². The van der Waals surface area contributed by atoms with E-state index in [-0.39, 0.29) is 6.29 Å². The standard InChI is InChI=1S/C17H30O3/c18-16(14-15-8-2-1-3-9-15)10-4-6-12-19-17-11-5-7-13-20-17/h15,17H,1-14H2. The van der Waals surface area contributed by atoms with Crippen LogP contribution in [0.25, 0.3) is 0 Å². The molecule has 0 N–H and O–H groups in total. The van der Waals surface area contributed by atoms with E-state index in [1.54, 1.807) is 0 Å². The van der Waals surface area contributed by atoms with Crippen LogP contribution in [0.3, 0.4) is 0 Å². The Morgan fingerprint density at radius 3 is 2.55 bits per heavy atom. The zero-order valence-corrected chi connectivity index (χ0v) is 12.8. The molecule has 0 aromatic heterocycles. The van der Waals surface area contributed by atoms with Gasteiger partial charge in [-0.25, -0.2) is 0 Å². The van der Waals surface area contributed by atoms with E-state index >= 15 is 0 Å². The van der Waals surface area contributed by atoms with E-state index in [9.17, 15) is 4.79 Å². The summed E-state index contributed by atoms with van der Waals surface area (Å²) >= 11 is 0. The number of unbranched alkanes of at least 4 members (excludes halogenated alkanes) is 1. The van der Waals surface area contributed by atoms with E-state index in [0.717, 1.165) is 51.7 Å². The summed E-state index contributed by atoms with van der Waals surface area (Å²) in [6.45, 7) is 1.58. The molecule has 20 heavy (non-hydrogen) atoms. The van der Waals surface area contributed by atoms with E-state index in [1.165, 1.54) is 38.5 Å². The molecule has 0 aromatic rings. The third kappa shape index (κ3) is 6.36. The van der Waals surface area contributed by atoms with Crippen LogP contribution in [0.1, 0.15) is 77.0 Å². The van der Waals surface area contributed by atoms with Crippen LogP contribution >= 0.6 is 0 Å². The molecule has 0 radical (unpaired) electrons. The first-order valence-corrected chi connectivity index (χ1v) is 8.59. The Labute approximate surface area is 123 Å². The minimum atomic E-state index is 0.0155. The average molecular weight is 282 g/mol. The van der Waals surface area contributed by atoms with Crippen molar-refractivity contribution >= 4 is 5.78 Å². The molecule has 1 heterocycles. The lowest BCUT2D eigenvalue weighted by atomic mass is 9.85. The van der Waals surface area contributed by atoms with Crippen LogP contribution in [0.2, 0.25) is 0 Å². The van der Waals surface area contributed by atoms with Crippen LogP contribution in [0.4, 0.5) is 0 Å². The van der Waals surface area contributed by atoms with Gasteiger partial charge in [0.05, 0.1) is 0 Å². The summed E-state index contributed by atoms with van der Waals surface area (Å²) in [6.07, 6.45) is 13.5. The predicted octanol–water partition coefficient (Wildman–Crippen LogP) is 4.24. The van der Waals surface area contributed by atoms with Crippen molar-refractivity contribution in [3.8, 4) is 0 Å². The van der Waals surface area contributed by atoms with Gasteiger partial charge in [-0.2, -0.15) is 0 Å². The zero-order valence-electron chi connectivity index (χ0n) is 12.8. The Balaban J connectivity index is 1.44. The Bertz CT molecular complexity index is 265. The van der Waals surface area contributed by atoms with Gasteiger partial charge in [0.2, 0.25) is 0 Å². The van der Waals surface area contributed by atoms with E-state index in [0.29, 0.717) is 11.7 Å². The number of Topliss-reactive ketones (excluding diaryl/α,β-unsaturated/α-hetero) is 1. The molecule has 2 rings (SSSR count). The molecule has 1 aliphatic heterocycles. The van der Waals surface area contributed by atoms with Gasteiger partial charge < -0.3 is 9.47 Å². The van der Waals surface area contributed by atoms with E-state index in [4.69, 9.17) is 9.47 Å². The van der Waals surface area contributed by atoms with Gasteiger partial charge in [-0.1, -0.05) is 32.1 Å². The van der Waals surface area contributed by atoms with Crippen molar-refractivity contribution < 1.29 is 14.3 Å². The summed E-state index contributed by atoms with van der Waals surface area (Å²) in [6, 6.07) is 0. The first-order chi connectivity index (χ1) is 9.84. The van der Waals surface area contributed by atoms with Crippen LogP contribution in [0.15, 0.2) is 0 Å². The van der Waals surface area contributed by atoms with Gasteiger partial charge in [0.1, 0.15) is 5.78 Å². The van der Waals surface area contributed by atoms with Crippen molar-refractivity contribution in [3.05, 3.63) is 0 Å². The van der Waals surface area contributed by atoms with Crippen molar-refractivity contribution in [2.75, 3.05) is 13.2 Å². The first-order valence-electron chi connectivity index (χ1n) is 8.59. The maximum absolute atomic E-state index is 11.9. The largest absolute Gasteiger partial charge is 0.353 e. The maximum atomic E-state index is 11.9. The molecule has 1 saturated carbocycles. The molecule has 3 heteroatoms. The van der Waals surface area contributed by atoms with Crippen LogP contribution in [-0.2, 0) is 14.3 Å². The molecule has 1 aliphatic carbocycles. The fraction of sp³-hybridized carbons (Fsp3) is 0.941. The molecule has 116 valence electrons. The fourth-order valence-electron chi connectivity index (χ4n) is 3.30. The highest BCUT2D eigenvalue weighted by atomic mass is 16.7. The maximum Gasteiger partial charge on any atom is 0.157 e. The molecule has 2 fully saturated rings. The molecule has 3 nitrogen and oxygen atoms in total. The number of hydrogen-bond donors (Lipinski definition) is 0. The van der Waals surface area contributed by atoms with E-state index in [1.807, 2.05) is 0 Å². The average Bonchev–Trinajstić information content (AvgIpc) is 2.49. The van der Waals surface area contributed by atoms with Gasteiger partial charge in [-0.15, -0.1) is 0 Å². The Kier molecular flexibility index (Phi) is 7.60. The Morgan fingerprint density at radius 2 is 1.80 bits per heavy atom. The Hall–Kier alpha value is -0.410. The second kappa shape index (κ2) is 9.51. The van der Waals surface area contributed by atoms with Gasteiger partial charge in [-0.05, 0) is 38.0 Å². The van der Waals surface area contributed by atoms with Gasteiger partial charge in [0.25, 0.3) is 0 Å². The molecule has 0 bridgehead atoms. The fourth-order valence-corrected chi connectivity index (χ4v) is 3.30. The third-order valence-corrected chi connectivity index (χ3v) is 4.53. The SMILES string of the molecule is O=C(CCCCOC1CCCCO1)CC1CCCCC1. The van der Waals surface area contributed by atoms with Crippen molar-refractivity contribution in [1.29, 1.82) is 0 Å². The number of ketones is 1. The van der Waals surface area contributed by atoms with Crippen LogP contribution in [0, 0.1) is 5.92 Å². The highest BCUT2D eigenvalue weighted by molar-refractivity contribution is 5.78. The van der Waals surface area contributed by atoms with Crippen molar-refractivity contribution in [2.24, 2.45) is 5.92 Å². The van der Waals surface area contributed by atoms with Gasteiger partial charge >= 0.3 is 0 Å². The molecule has 0 spiro atoms. The van der Waals surface area contributed by atoms with Crippen molar-refractivity contribution in [1.82, 2.24) is 0 Å². The van der Waals surface area contributed by atoms with Gasteiger partial charge in [0.15, 0.2) is 6.29 Å². The zero-order chi connectivity index (χ0) is 14.0. The van der Waals surface area contributed by atoms with E-state index < -0.39 is 0 Å². The predicted molar refractivity (Wildman–Crippen MR) is 79.6 cm³/mol. The molecular formula is C17H30O3. The van der Waals surface area contributed by atoms with Crippen LogP contribution < -0.4 is 0 Å². The van der Waals surface area contributed by atoms with Crippen LogP contribution in [0.5, 0.6) is 0 Å². The number of carbonyl (C=O) groups is 1. The van der Waals surface area contributed by atoms with Gasteiger partial charge in [0, 0.05) is 26.1 Å². The van der Waals surface area contributed by atoms with Crippen molar-refractivity contribution in [3.63, 3.8) is 0 Å². The number of hydrogen-bond acceptors (Lipinski definition) is 3. The quantitative estimate of drug-likeness (QED) is 0.625. The smallest absolute Gasteiger partial charge is 0.157 e. The highest BCUT2D eigenvalue weighted by Crippen LogP contribution is 2.27. The normalized spacial score (nSPS) is 24.7. The minimum Gasteiger partial charge on any atom is -0.353 e. The summed E-state index contributed by atoms with van der Waals surface area (Å²) in [7, 11) is 0. The second-order valence-corrected chi connectivity index (χ2v) is 6.37. The Morgan fingerprint density at radius 1 is 1.00 bits per heavy atom. The molecular weight excluding hydrogens is 252 g/mol. The minimum absolute atomic E-state index is 0.0155. The lowest BCUT2D eigenvalue weighted by Gasteiger charge is -2.22. The van der Waals surface area contributed by atoms with E-state index in [2.05, 4.69) is 0 Å². The molecule has 0 aromatic carbocycles. The summed E-state index contributed by atoms with van der Waals surface area (Å²) in [5, 5.41) is 0. The summed E-state index contributed by atoms with van der Waals surface area (Å²) in [4.78, 5) is 11.9. The van der Waals surface area contributed by atoms with Crippen molar-refractivity contribution in [2.45, 2.75) is 83.3 Å². The molecule has 2 aliphatic rings. The van der Waals surface area contributed by atoms with Crippen LogP contribution in [-0.4, -0.2) is 25.3 Å². The second-order valence-electron chi connectivity index (χ2n) is 6.37. The monoisotopic (exact) mass is 282 g/mol. The molecule has 1 saturated heterocycles. The number of rotatable bonds is 8. The lowest BCUT2D eigenvalue weighted by Crippen LogP contribution is -2.22.